The monoisotopic (exact) mass is 334 g/mol. The van der Waals surface area contributed by atoms with E-state index >= 15 is 0 Å². The minimum Gasteiger partial charge on any atom is -0.317 e. The van der Waals surface area contributed by atoms with E-state index in [0.29, 0.717) is 5.92 Å². The van der Waals surface area contributed by atoms with Crippen molar-refractivity contribution in [2.45, 2.75) is 18.8 Å². The van der Waals surface area contributed by atoms with E-state index in [1.807, 2.05) is 17.6 Å². The number of nitrogens with zero attached hydrogens (tertiary/aromatic N) is 4. The molecule has 0 aromatic carbocycles. The van der Waals surface area contributed by atoms with Gasteiger partial charge in [0.2, 0.25) is 0 Å². The molecule has 0 radical (unpaired) electrons. The highest BCUT2D eigenvalue weighted by Gasteiger charge is 2.21. The van der Waals surface area contributed by atoms with E-state index in [0.717, 1.165) is 48.5 Å². The minimum atomic E-state index is -0.0787. The van der Waals surface area contributed by atoms with Gasteiger partial charge in [0.15, 0.2) is 0 Å². The number of H-pyrrole nitrogens is 1. The molecule has 3 aromatic heterocycles. The van der Waals surface area contributed by atoms with Gasteiger partial charge in [0.25, 0.3) is 5.56 Å². The molecule has 0 unspecified atom stereocenters. The summed E-state index contributed by atoms with van der Waals surface area (Å²) in [5, 5.41) is 12.1. The van der Waals surface area contributed by atoms with Gasteiger partial charge in [0.05, 0.1) is 23.1 Å². The van der Waals surface area contributed by atoms with Gasteiger partial charge in [-0.2, -0.15) is 10.2 Å². The summed E-state index contributed by atoms with van der Waals surface area (Å²) < 4.78 is 3.66. The first-order chi connectivity index (χ1) is 10.7. The molecule has 2 N–H and O–H groups in total. The second-order valence-corrected chi connectivity index (χ2v) is 5.74. The Bertz CT molecular complexity index is 874. The van der Waals surface area contributed by atoms with Gasteiger partial charge in [-0.1, -0.05) is 0 Å². The van der Waals surface area contributed by atoms with E-state index in [-0.39, 0.29) is 18.0 Å². The predicted molar refractivity (Wildman–Crippen MR) is 90.1 cm³/mol. The van der Waals surface area contributed by atoms with Gasteiger partial charge in [0, 0.05) is 25.2 Å². The molecule has 122 valence electrons. The Kier molecular flexibility index (Phi) is 4.23. The first-order valence-corrected chi connectivity index (χ1v) is 7.54. The average Bonchev–Trinajstić information content (AvgIpc) is 3.13. The molecule has 8 heteroatoms. The van der Waals surface area contributed by atoms with E-state index in [9.17, 15) is 4.79 Å². The Balaban J connectivity index is 0.00000156. The molecule has 0 bridgehead atoms. The van der Waals surface area contributed by atoms with Crippen molar-refractivity contribution in [3.8, 4) is 11.3 Å². The van der Waals surface area contributed by atoms with Gasteiger partial charge in [-0.05, 0) is 32.0 Å². The largest absolute Gasteiger partial charge is 0.317 e. The SMILES string of the molecule is Cl.Cn1nccc1-c1cnn2c(C3CCNCC3)cc(=O)[nH]c12. The fourth-order valence-electron chi connectivity index (χ4n) is 3.25. The first-order valence-electron chi connectivity index (χ1n) is 7.54. The second-order valence-electron chi connectivity index (χ2n) is 5.74. The molecule has 0 saturated carbocycles. The highest BCUT2D eigenvalue weighted by atomic mass is 35.5. The minimum absolute atomic E-state index is 0. The molecule has 1 aliphatic rings. The average molecular weight is 335 g/mol. The molecule has 1 saturated heterocycles. The lowest BCUT2D eigenvalue weighted by molar-refractivity contribution is 0.446. The Labute approximate surface area is 139 Å². The summed E-state index contributed by atoms with van der Waals surface area (Å²) in [5.74, 6) is 0.366. The predicted octanol–water partition coefficient (Wildman–Crippen LogP) is 1.31. The lowest BCUT2D eigenvalue weighted by Crippen LogP contribution is -2.28. The van der Waals surface area contributed by atoms with Crippen molar-refractivity contribution in [2.75, 3.05) is 13.1 Å². The Hall–Kier alpha value is -2.12. The number of aryl methyl sites for hydroxylation is 1. The number of fused-ring (bicyclic) bond motifs is 1. The second kappa shape index (κ2) is 6.17. The van der Waals surface area contributed by atoms with Crippen LogP contribution in [0.2, 0.25) is 0 Å². The summed E-state index contributed by atoms with van der Waals surface area (Å²) in [5.41, 5.74) is 3.49. The highest BCUT2D eigenvalue weighted by Crippen LogP contribution is 2.27. The van der Waals surface area contributed by atoms with E-state index in [4.69, 9.17) is 0 Å². The maximum atomic E-state index is 12.1. The first kappa shape index (κ1) is 15.8. The van der Waals surface area contributed by atoms with Crippen molar-refractivity contribution < 1.29 is 0 Å². The number of hydrogen-bond acceptors (Lipinski definition) is 4. The summed E-state index contributed by atoms with van der Waals surface area (Å²) in [6.07, 6.45) is 5.60. The van der Waals surface area contributed by atoms with Crippen LogP contribution in [0.1, 0.15) is 24.5 Å². The summed E-state index contributed by atoms with van der Waals surface area (Å²) in [4.78, 5) is 15.0. The molecule has 1 aliphatic heterocycles. The van der Waals surface area contributed by atoms with Crippen LogP contribution >= 0.6 is 12.4 Å². The zero-order valence-electron chi connectivity index (χ0n) is 12.8. The molecule has 0 aliphatic carbocycles. The van der Waals surface area contributed by atoms with Gasteiger partial charge in [0.1, 0.15) is 5.65 Å². The van der Waals surface area contributed by atoms with Gasteiger partial charge >= 0.3 is 0 Å². The Morgan fingerprint density at radius 2 is 2.04 bits per heavy atom. The molecule has 1 fully saturated rings. The smallest absolute Gasteiger partial charge is 0.251 e. The molecule has 7 nitrogen and oxygen atoms in total. The zero-order chi connectivity index (χ0) is 15.1. The van der Waals surface area contributed by atoms with Crippen LogP contribution in [0, 0.1) is 0 Å². The maximum Gasteiger partial charge on any atom is 0.251 e. The molecule has 4 rings (SSSR count). The topological polar surface area (TPSA) is 80.0 Å². The van der Waals surface area contributed by atoms with Crippen LogP contribution in [-0.4, -0.2) is 37.5 Å². The van der Waals surface area contributed by atoms with Crippen LogP contribution in [0.4, 0.5) is 0 Å². The van der Waals surface area contributed by atoms with E-state index in [1.165, 1.54) is 0 Å². The van der Waals surface area contributed by atoms with E-state index in [1.54, 1.807) is 23.1 Å². The zero-order valence-corrected chi connectivity index (χ0v) is 13.6. The molecule has 4 heterocycles. The number of halogens is 1. The van der Waals surface area contributed by atoms with Crippen LogP contribution in [0.3, 0.4) is 0 Å². The van der Waals surface area contributed by atoms with Gasteiger partial charge in [-0.25, -0.2) is 4.52 Å². The summed E-state index contributed by atoms with van der Waals surface area (Å²) in [7, 11) is 1.88. The van der Waals surface area contributed by atoms with E-state index < -0.39 is 0 Å². The summed E-state index contributed by atoms with van der Waals surface area (Å²) >= 11 is 0. The van der Waals surface area contributed by atoms with Crippen molar-refractivity contribution >= 4 is 18.1 Å². The molecule has 0 amide bonds. The molecule has 0 spiro atoms. The van der Waals surface area contributed by atoms with E-state index in [2.05, 4.69) is 20.5 Å². The molecular formula is C15H19ClN6O. The molecular weight excluding hydrogens is 316 g/mol. The van der Waals surface area contributed by atoms with Crippen LogP contribution in [0.25, 0.3) is 16.9 Å². The Morgan fingerprint density at radius 3 is 2.74 bits per heavy atom. The Morgan fingerprint density at radius 1 is 1.26 bits per heavy atom. The summed E-state index contributed by atoms with van der Waals surface area (Å²) in [6.45, 7) is 1.96. The van der Waals surface area contributed by atoms with Crippen molar-refractivity contribution in [1.82, 2.24) is 29.7 Å². The third-order valence-electron chi connectivity index (χ3n) is 4.39. The fraction of sp³-hybridized carbons (Fsp3) is 0.400. The third kappa shape index (κ3) is 2.66. The van der Waals surface area contributed by atoms with Gasteiger partial charge < -0.3 is 10.3 Å². The molecule has 0 atom stereocenters. The number of aromatic amines is 1. The third-order valence-corrected chi connectivity index (χ3v) is 4.39. The maximum absolute atomic E-state index is 12.1. The van der Waals surface area contributed by atoms with Crippen LogP contribution < -0.4 is 10.9 Å². The van der Waals surface area contributed by atoms with Crippen LogP contribution in [0.5, 0.6) is 0 Å². The highest BCUT2D eigenvalue weighted by molar-refractivity contribution is 5.85. The summed E-state index contributed by atoms with van der Waals surface area (Å²) in [6, 6.07) is 3.61. The lowest BCUT2D eigenvalue weighted by Gasteiger charge is -2.23. The van der Waals surface area contributed by atoms with Crippen molar-refractivity contribution in [3.05, 3.63) is 40.6 Å². The number of hydrogen-bond donors (Lipinski definition) is 2. The number of piperidine rings is 1. The normalized spacial score (nSPS) is 15.7. The van der Waals surface area contributed by atoms with Crippen molar-refractivity contribution in [3.63, 3.8) is 0 Å². The molecule has 23 heavy (non-hydrogen) atoms. The van der Waals surface area contributed by atoms with Crippen LogP contribution in [-0.2, 0) is 7.05 Å². The van der Waals surface area contributed by atoms with Crippen molar-refractivity contribution in [1.29, 1.82) is 0 Å². The van der Waals surface area contributed by atoms with Gasteiger partial charge in [-0.15, -0.1) is 12.4 Å². The number of rotatable bonds is 2. The fourth-order valence-corrected chi connectivity index (χ4v) is 3.25. The van der Waals surface area contributed by atoms with Crippen molar-refractivity contribution in [2.24, 2.45) is 7.05 Å². The standard InChI is InChI=1S/C15H18N6O.ClH/c1-20-12(4-7-17-20)11-9-18-21-13(8-14(22)19-15(11)21)10-2-5-16-6-3-10;/h4,7-10,16H,2-3,5-6H2,1H3,(H,19,22);1H. The number of aromatic nitrogens is 5. The van der Waals surface area contributed by atoms with Gasteiger partial charge in [-0.3, -0.25) is 9.48 Å². The quantitative estimate of drug-likeness (QED) is 0.740. The van der Waals surface area contributed by atoms with Crippen LogP contribution in [0.15, 0.2) is 29.3 Å². The number of nitrogens with one attached hydrogen (secondary N) is 2. The molecule has 3 aromatic rings. The lowest BCUT2D eigenvalue weighted by atomic mass is 9.94.